The van der Waals surface area contributed by atoms with Crippen LogP contribution in [0.3, 0.4) is 0 Å². The molecule has 2 aromatic rings. The fourth-order valence-corrected chi connectivity index (χ4v) is 2.62. The number of hydrogen-bond acceptors (Lipinski definition) is 3. The molecule has 0 aliphatic carbocycles. The molecule has 2 rings (SSSR count). The van der Waals surface area contributed by atoms with E-state index in [1.807, 2.05) is 68.2 Å². The first kappa shape index (κ1) is 18.2. The highest BCUT2D eigenvalue weighted by molar-refractivity contribution is 5.83. The molecule has 3 atom stereocenters. The molecule has 130 valence electrons. The predicted octanol–water partition coefficient (Wildman–Crippen LogP) is 3.00. The molecule has 0 aliphatic heterocycles. The monoisotopic (exact) mass is 328 g/mol. The molecule has 1 aromatic carbocycles. The van der Waals surface area contributed by atoms with E-state index in [1.165, 1.54) is 0 Å². The van der Waals surface area contributed by atoms with E-state index in [9.17, 15) is 4.79 Å². The SMILES string of the molecule is Cc1cnn([C@H](C)[C@H](C)N[C@@H](C(=O)NC(C)C)c2ccccc2)c1. The fraction of sp³-hybridized carbons (Fsp3) is 0.474. The molecule has 5 heteroatoms. The van der Waals surface area contributed by atoms with Crippen LogP contribution in [0.2, 0.25) is 0 Å². The quantitative estimate of drug-likeness (QED) is 0.821. The zero-order chi connectivity index (χ0) is 17.7. The van der Waals surface area contributed by atoms with E-state index in [0.717, 1.165) is 11.1 Å². The average Bonchev–Trinajstić information content (AvgIpc) is 2.98. The van der Waals surface area contributed by atoms with Crippen LogP contribution in [0.5, 0.6) is 0 Å². The van der Waals surface area contributed by atoms with E-state index >= 15 is 0 Å². The van der Waals surface area contributed by atoms with Crippen molar-refractivity contribution in [2.24, 2.45) is 0 Å². The van der Waals surface area contributed by atoms with Gasteiger partial charge in [-0.15, -0.1) is 0 Å². The van der Waals surface area contributed by atoms with E-state index in [4.69, 9.17) is 0 Å². The van der Waals surface area contributed by atoms with Crippen molar-refractivity contribution in [3.05, 3.63) is 53.9 Å². The molecule has 0 spiro atoms. The van der Waals surface area contributed by atoms with E-state index in [0.29, 0.717) is 0 Å². The number of carbonyl (C=O) groups excluding carboxylic acids is 1. The summed E-state index contributed by atoms with van der Waals surface area (Å²) >= 11 is 0. The lowest BCUT2D eigenvalue weighted by Gasteiger charge is -2.28. The van der Waals surface area contributed by atoms with Gasteiger partial charge < -0.3 is 5.32 Å². The summed E-state index contributed by atoms with van der Waals surface area (Å²) in [5.41, 5.74) is 2.09. The van der Waals surface area contributed by atoms with Gasteiger partial charge >= 0.3 is 0 Å². The van der Waals surface area contributed by atoms with Crippen LogP contribution in [0.1, 0.15) is 50.9 Å². The number of nitrogens with zero attached hydrogens (tertiary/aromatic N) is 2. The summed E-state index contributed by atoms with van der Waals surface area (Å²) in [7, 11) is 0. The molecule has 2 N–H and O–H groups in total. The van der Waals surface area contributed by atoms with Crippen LogP contribution in [0.4, 0.5) is 0 Å². The summed E-state index contributed by atoms with van der Waals surface area (Å²) in [5.74, 6) is -0.00750. The van der Waals surface area contributed by atoms with Gasteiger partial charge in [-0.05, 0) is 45.7 Å². The van der Waals surface area contributed by atoms with Crippen molar-refractivity contribution in [2.75, 3.05) is 0 Å². The zero-order valence-electron chi connectivity index (χ0n) is 15.2. The zero-order valence-corrected chi connectivity index (χ0v) is 15.2. The minimum Gasteiger partial charge on any atom is -0.352 e. The number of benzene rings is 1. The largest absolute Gasteiger partial charge is 0.352 e. The summed E-state index contributed by atoms with van der Waals surface area (Å²) in [6, 6.07) is 9.76. The van der Waals surface area contributed by atoms with Gasteiger partial charge in [-0.3, -0.25) is 14.8 Å². The molecule has 1 amide bonds. The van der Waals surface area contributed by atoms with Crippen LogP contribution in [0.15, 0.2) is 42.7 Å². The second-order valence-electron chi connectivity index (χ2n) is 6.70. The van der Waals surface area contributed by atoms with Crippen molar-refractivity contribution < 1.29 is 4.79 Å². The van der Waals surface area contributed by atoms with E-state index in [2.05, 4.69) is 29.6 Å². The Kier molecular flexibility index (Phi) is 6.15. The number of rotatable bonds is 7. The second kappa shape index (κ2) is 8.11. The van der Waals surface area contributed by atoms with Crippen molar-refractivity contribution in [1.82, 2.24) is 20.4 Å². The molecule has 0 unspecified atom stereocenters. The Bertz CT molecular complexity index is 650. The normalized spacial score (nSPS) is 15.1. The first-order chi connectivity index (χ1) is 11.4. The molecular formula is C19H28N4O. The number of hydrogen-bond donors (Lipinski definition) is 2. The summed E-state index contributed by atoms with van der Waals surface area (Å²) in [5, 5.41) is 10.9. The Hall–Kier alpha value is -2.14. The van der Waals surface area contributed by atoms with Crippen LogP contribution in [-0.2, 0) is 4.79 Å². The van der Waals surface area contributed by atoms with Crippen molar-refractivity contribution in [3.8, 4) is 0 Å². The van der Waals surface area contributed by atoms with Gasteiger partial charge in [0.15, 0.2) is 0 Å². The smallest absolute Gasteiger partial charge is 0.241 e. The third-order valence-corrected chi connectivity index (χ3v) is 4.13. The average molecular weight is 328 g/mol. The van der Waals surface area contributed by atoms with E-state index < -0.39 is 0 Å². The maximum absolute atomic E-state index is 12.7. The van der Waals surface area contributed by atoms with E-state index in [1.54, 1.807) is 0 Å². The molecule has 0 bridgehead atoms. The highest BCUT2D eigenvalue weighted by Crippen LogP contribution is 2.18. The summed E-state index contributed by atoms with van der Waals surface area (Å²) in [6.45, 7) is 10.2. The van der Waals surface area contributed by atoms with Crippen molar-refractivity contribution in [3.63, 3.8) is 0 Å². The number of aromatic nitrogens is 2. The van der Waals surface area contributed by atoms with Gasteiger partial charge in [-0.25, -0.2) is 0 Å². The molecule has 1 heterocycles. The van der Waals surface area contributed by atoms with Crippen LogP contribution in [0.25, 0.3) is 0 Å². The van der Waals surface area contributed by atoms with Gasteiger partial charge in [0.1, 0.15) is 6.04 Å². The third-order valence-electron chi connectivity index (χ3n) is 4.13. The Morgan fingerprint density at radius 1 is 1.12 bits per heavy atom. The number of carbonyl (C=O) groups is 1. The maximum Gasteiger partial charge on any atom is 0.241 e. The molecule has 0 fully saturated rings. The topological polar surface area (TPSA) is 59.0 Å². The van der Waals surface area contributed by atoms with Crippen LogP contribution >= 0.6 is 0 Å². The predicted molar refractivity (Wildman–Crippen MR) is 96.7 cm³/mol. The lowest BCUT2D eigenvalue weighted by molar-refractivity contribution is -0.124. The molecule has 0 aliphatic rings. The van der Waals surface area contributed by atoms with Gasteiger partial charge in [0.05, 0.1) is 12.2 Å². The molecule has 1 aromatic heterocycles. The lowest BCUT2D eigenvalue weighted by atomic mass is 10.0. The highest BCUT2D eigenvalue weighted by Gasteiger charge is 2.25. The summed E-state index contributed by atoms with van der Waals surface area (Å²) < 4.78 is 1.94. The Morgan fingerprint density at radius 3 is 2.33 bits per heavy atom. The van der Waals surface area contributed by atoms with Crippen LogP contribution in [-0.4, -0.2) is 27.8 Å². The Morgan fingerprint density at radius 2 is 1.79 bits per heavy atom. The number of amides is 1. The molecular weight excluding hydrogens is 300 g/mol. The lowest BCUT2D eigenvalue weighted by Crippen LogP contribution is -2.45. The third kappa shape index (κ3) is 4.68. The first-order valence-electron chi connectivity index (χ1n) is 8.50. The van der Waals surface area contributed by atoms with Crippen molar-refractivity contribution in [1.29, 1.82) is 0 Å². The maximum atomic E-state index is 12.7. The first-order valence-corrected chi connectivity index (χ1v) is 8.50. The molecule has 0 saturated heterocycles. The number of aryl methyl sites for hydroxylation is 1. The van der Waals surface area contributed by atoms with Gasteiger partial charge in [-0.2, -0.15) is 5.10 Å². The minimum absolute atomic E-state index is 0.00750. The molecule has 0 saturated carbocycles. The van der Waals surface area contributed by atoms with Gasteiger partial charge in [0, 0.05) is 18.3 Å². The fourth-order valence-electron chi connectivity index (χ4n) is 2.62. The highest BCUT2D eigenvalue weighted by atomic mass is 16.2. The Labute approximate surface area is 144 Å². The Balaban J connectivity index is 2.16. The minimum atomic E-state index is -0.386. The van der Waals surface area contributed by atoms with E-state index in [-0.39, 0.29) is 30.1 Å². The van der Waals surface area contributed by atoms with Gasteiger partial charge in [0.2, 0.25) is 5.91 Å². The van der Waals surface area contributed by atoms with Gasteiger partial charge in [0.25, 0.3) is 0 Å². The summed E-state index contributed by atoms with van der Waals surface area (Å²) in [4.78, 5) is 12.7. The summed E-state index contributed by atoms with van der Waals surface area (Å²) in [6.07, 6.45) is 3.87. The standard InChI is InChI=1S/C19H28N4O/c1-13(2)21-19(24)18(17-9-7-6-8-10-17)22-15(4)16(5)23-12-14(3)11-20-23/h6-13,15-16,18,22H,1-5H3,(H,21,24)/t15-,16+,18+/m0/s1. The van der Waals surface area contributed by atoms with Gasteiger partial charge in [-0.1, -0.05) is 30.3 Å². The molecule has 24 heavy (non-hydrogen) atoms. The number of nitrogens with one attached hydrogen (secondary N) is 2. The second-order valence-corrected chi connectivity index (χ2v) is 6.70. The van der Waals surface area contributed by atoms with Crippen molar-refractivity contribution in [2.45, 2.75) is 58.8 Å². The molecule has 0 radical (unpaired) electrons. The van der Waals surface area contributed by atoms with Crippen molar-refractivity contribution >= 4 is 5.91 Å². The molecule has 5 nitrogen and oxygen atoms in total. The van der Waals surface area contributed by atoms with Crippen LogP contribution in [0, 0.1) is 6.92 Å². The van der Waals surface area contributed by atoms with Crippen LogP contribution < -0.4 is 10.6 Å².